The molecular formula is C21H35N3O3. The number of amides is 1. The van der Waals surface area contributed by atoms with Crippen LogP contribution in [-0.2, 0) is 27.4 Å². The van der Waals surface area contributed by atoms with E-state index < -0.39 is 0 Å². The van der Waals surface area contributed by atoms with Crippen molar-refractivity contribution in [3.05, 3.63) is 35.4 Å². The van der Waals surface area contributed by atoms with Gasteiger partial charge in [-0.1, -0.05) is 31.2 Å². The summed E-state index contributed by atoms with van der Waals surface area (Å²) >= 11 is 0. The van der Waals surface area contributed by atoms with E-state index in [1.54, 1.807) is 0 Å². The monoisotopic (exact) mass is 377 g/mol. The average molecular weight is 378 g/mol. The van der Waals surface area contributed by atoms with Crippen molar-refractivity contribution < 1.29 is 14.3 Å². The molecule has 0 saturated carbocycles. The summed E-state index contributed by atoms with van der Waals surface area (Å²) in [7, 11) is 1.96. The molecule has 0 radical (unpaired) electrons. The van der Waals surface area contributed by atoms with Gasteiger partial charge in [0.15, 0.2) is 0 Å². The molecule has 1 fully saturated rings. The summed E-state index contributed by atoms with van der Waals surface area (Å²) in [5, 5.41) is 3.17. The molecule has 6 heteroatoms. The summed E-state index contributed by atoms with van der Waals surface area (Å²) in [4.78, 5) is 16.7. The first-order valence-electron chi connectivity index (χ1n) is 10.1. The van der Waals surface area contributed by atoms with E-state index >= 15 is 0 Å². The van der Waals surface area contributed by atoms with Gasteiger partial charge in [-0.05, 0) is 24.6 Å². The van der Waals surface area contributed by atoms with E-state index in [-0.39, 0.29) is 5.91 Å². The Morgan fingerprint density at radius 1 is 0.963 bits per heavy atom. The molecule has 1 amide bonds. The Morgan fingerprint density at radius 2 is 1.59 bits per heavy atom. The highest BCUT2D eigenvalue weighted by molar-refractivity contribution is 5.76. The molecule has 1 N–H and O–H groups in total. The Kier molecular flexibility index (Phi) is 10.4. The van der Waals surface area contributed by atoms with E-state index in [2.05, 4.69) is 41.4 Å². The number of nitrogens with one attached hydrogen (secondary N) is 1. The summed E-state index contributed by atoms with van der Waals surface area (Å²) in [6.45, 7) is 9.81. The van der Waals surface area contributed by atoms with Gasteiger partial charge in [0.25, 0.3) is 0 Å². The van der Waals surface area contributed by atoms with Gasteiger partial charge in [-0.25, -0.2) is 0 Å². The molecule has 6 nitrogen and oxygen atoms in total. The highest BCUT2D eigenvalue weighted by Crippen LogP contribution is 2.11. The number of nitrogens with zero attached hydrogens (tertiary/aromatic N) is 2. The van der Waals surface area contributed by atoms with Gasteiger partial charge in [0.05, 0.1) is 26.2 Å². The third-order valence-corrected chi connectivity index (χ3v) is 4.72. The van der Waals surface area contributed by atoms with Crippen molar-refractivity contribution in [1.82, 2.24) is 15.1 Å². The molecule has 1 saturated heterocycles. The van der Waals surface area contributed by atoms with E-state index in [0.29, 0.717) is 26.2 Å². The van der Waals surface area contributed by atoms with Crippen LogP contribution in [0, 0.1) is 0 Å². The molecule has 0 bridgehead atoms. The smallest absolute Gasteiger partial charge is 0.224 e. The third kappa shape index (κ3) is 8.39. The Labute approximate surface area is 163 Å². The predicted octanol–water partition coefficient (Wildman–Crippen LogP) is 1.88. The molecule has 1 aromatic carbocycles. The fourth-order valence-electron chi connectivity index (χ4n) is 3.16. The van der Waals surface area contributed by atoms with Crippen molar-refractivity contribution in [1.29, 1.82) is 0 Å². The Hall–Kier alpha value is -1.47. The number of hydrogen-bond donors (Lipinski definition) is 1. The quantitative estimate of drug-likeness (QED) is 0.564. The summed E-state index contributed by atoms with van der Waals surface area (Å²) in [6.07, 6.45) is 1.48. The fourth-order valence-corrected chi connectivity index (χ4v) is 3.16. The van der Waals surface area contributed by atoms with E-state index in [1.165, 1.54) is 11.1 Å². The molecule has 1 aliphatic heterocycles. The van der Waals surface area contributed by atoms with Crippen molar-refractivity contribution in [3.8, 4) is 0 Å². The molecule has 152 valence electrons. The molecule has 1 aliphatic rings. The summed E-state index contributed by atoms with van der Waals surface area (Å²) in [5.74, 6) is 0.195. The van der Waals surface area contributed by atoms with Crippen LogP contribution in [-0.4, -0.2) is 75.4 Å². The van der Waals surface area contributed by atoms with Crippen LogP contribution in [0.3, 0.4) is 0 Å². The van der Waals surface area contributed by atoms with Crippen LogP contribution in [0.5, 0.6) is 0 Å². The first-order chi connectivity index (χ1) is 13.2. The number of piperazine rings is 1. The number of hydrogen-bond acceptors (Lipinski definition) is 5. The van der Waals surface area contributed by atoms with E-state index in [1.807, 2.05) is 11.9 Å². The van der Waals surface area contributed by atoms with Gasteiger partial charge in [0.2, 0.25) is 5.91 Å². The zero-order chi connectivity index (χ0) is 19.3. The van der Waals surface area contributed by atoms with Crippen LogP contribution in [0.15, 0.2) is 24.3 Å². The maximum Gasteiger partial charge on any atom is 0.224 e. The largest absolute Gasteiger partial charge is 0.379 e. The SMILES string of the molecule is CCCOCCOCCC(=O)N1CCN(Cc2ccc(CNC)cc2)CC1. The Balaban J connectivity index is 1.59. The summed E-state index contributed by atoms with van der Waals surface area (Å²) in [6, 6.07) is 8.76. The number of carbonyl (C=O) groups is 1. The molecular weight excluding hydrogens is 342 g/mol. The lowest BCUT2D eigenvalue weighted by Gasteiger charge is -2.34. The highest BCUT2D eigenvalue weighted by atomic mass is 16.5. The van der Waals surface area contributed by atoms with Gasteiger partial charge in [-0.2, -0.15) is 0 Å². The Bertz CT molecular complexity index is 528. The molecule has 2 rings (SSSR count). The second kappa shape index (κ2) is 12.8. The van der Waals surface area contributed by atoms with Gasteiger partial charge in [-0.15, -0.1) is 0 Å². The van der Waals surface area contributed by atoms with Gasteiger partial charge >= 0.3 is 0 Å². The first kappa shape index (κ1) is 21.8. The first-order valence-corrected chi connectivity index (χ1v) is 10.1. The van der Waals surface area contributed by atoms with Crippen LogP contribution in [0.1, 0.15) is 30.9 Å². The van der Waals surface area contributed by atoms with Gasteiger partial charge in [-0.3, -0.25) is 9.69 Å². The van der Waals surface area contributed by atoms with Crippen LogP contribution in [0.4, 0.5) is 0 Å². The molecule has 0 spiro atoms. The molecule has 0 aliphatic carbocycles. The molecule has 0 unspecified atom stereocenters. The number of rotatable bonds is 12. The van der Waals surface area contributed by atoms with E-state index in [4.69, 9.17) is 9.47 Å². The maximum absolute atomic E-state index is 12.3. The van der Waals surface area contributed by atoms with E-state index in [0.717, 1.165) is 52.3 Å². The minimum Gasteiger partial charge on any atom is -0.379 e. The second-order valence-corrected chi connectivity index (χ2v) is 6.98. The minimum absolute atomic E-state index is 0.195. The standard InChI is InChI=1S/C21H35N3O3/c1-3-13-26-15-16-27-14-8-21(25)24-11-9-23(10-12-24)18-20-6-4-19(5-7-20)17-22-2/h4-7,22H,3,8-18H2,1-2H3. The summed E-state index contributed by atoms with van der Waals surface area (Å²) < 4.78 is 10.8. The molecule has 1 aromatic rings. The second-order valence-electron chi connectivity index (χ2n) is 6.98. The van der Waals surface area contributed by atoms with Crippen molar-refractivity contribution in [2.45, 2.75) is 32.9 Å². The summed E-state index contributed by atoms with van der Waals surface area (Å²) in [5.41, 5.74) is 2.63. The maximum atomic E-state index is 12.3. The van der Waals surface area contributed by atoms with E-state index in [9.17, 15) is 4.79 Å². The highest BCUT2D eigenvalue weighted by Gasteiger charge is 2.20. The average Bonchev–Trinajstić information content (AvgIpc) is 2.69. The molecule has 1 heterocycles. The fraction of sp³-hybridized carbons (Fsp3) is 0.667. The van der Waals surface area contributed by atoms with Gasteiger partial charge in [0.1, 0.15) is 0 Å². The predicted molar refractivity (Wildman–Crippen MR) is 108 cm³/mol. The lowest BCUT2D eigenvalue weighted by Crippen LogP contribution is -2.48. The van der Waals surface area contributed by atoms with Crippen LogP contribution < -0.4 is 5.32 Å². The number of benzene rings is 1. The lowest BCUT2D eigenvalue weighted by atomic mass is 10.1. The van der Waals surface area contributed by atoms with Crippen molar-refractivity contribution in [2.24, 2.45) is 0 Å². The van der Waals surface area contributed by atoms with Crippen LogP contribution >= 0.6 is 0 Å². The van der Waals surface area contributed by atoms with Crippen molar-refractivity contribution in [3.63, 3.8) is 0 Å². The van der Waals surface area contributed by atoms with Crippen LogP contribution in [0.25, 0.3) is 0 Å². The lowest BCUT2D eigenvalue weighted by molar-refractivity contribution is -0.134. The normalized spacial score (nSPS) is 15.3. The minimum atomic E-state index is 0.195. The third-order valence-electron chi connectivity index (χ3n) is 4.72. The Morgan fingerprint density at radius 3 is 2.22 bits per heavy atom. The van der Waals surface area contributed by atoms with Crippen molar-refractivity contribution in [2.75, 3.05) is 59.7 Å². The zero-order valence-corrected chi connectivity index (χ0v) is 16.9. The van der Waals surface area contributed by atoms with Gasteiger partial charge in [0, 0.05) is 45.9 Å². The number of carbonyl (C=O) groups excluding carboxylic acids is 1. The molecule has 27 heavy (non-hydrogen) atoms. The molecule has 0 atom stereocenters. The topological polar surface area (TPSA) is 54.0 Å². The zero-order valence-electron chi connectivity index (χ0n) is 16.9. The van der Waals surface area contributed by atoms with Gasteiger partial charge < -0.3 is 19.7 Å². The van der Waals surface area contributed by atoms with Crippen LogP contribution in [0.2, 0.25) is 0 Å². The van der Waals surface area contributed by atoms with Crippen molar-refractivity contribution >= 4 is 5.91 Å². The molecule has 0 aromatic heterocycles. The number of ether oxygens (including phenoxy) is 2.